The van der Waals surface area contributed by atoms with E-state index in [1.807, 2.05) is 0 Å². The zero-order valence-electron chi connectivity index (χ0n) is 14.9. The molecule has 8 nitrogen and oxygen atoms in total. The predicted molar refractivity (Wildman–Crippen MR) is 90.7 cm³/mol. The molecule has 4 atom stereocenters. The average molecular weight is 362 g/mol. The van der Waals surface area contributed by atoms with E-state index in [0.717, 1.165) is 0 Å². The first kappa shape index (κ1) is 18.2. The van der Waals surface area contributed by atoms with Crippen LogP contribution in [-0.2, 0) is 14.4 Å². The van der Waals surface area contributed by atoms with Crippen LogP contribution in [0.3, 0.4) is 0 Å². The van der Waals surface area contributed by atoms with Crippen molar-refractivity contribution in [2.75, 3.05) is 20.9 Å². The number of rotatable bonds is 3. The van der Waals surface area contributed by atoms with Gasteiger partial charge in [0.2, 0.25) is 18.6 Å². The minimum atomic E-state index is -1.58. The molecule has 1 fully saturated rings. The van der Waals surface area contributed by atoms with Crippen molar-refractivity contribution in [3.8, 4) is 11.5 Å². The molecule has 4 unspecified atom stereocenters. The van der Waals surface area contributed by atoms with E-state index in [4.69, 9.17) is 9.47 Å². The monoisotopic (exact) mass is 362 g/mol. The van der Waals surface area contributed by atoms with Crippen molar-refractivity contribution in [1.82, 2.24) is 10.6 Å². The summed E-state index contributed by atoms with van der Waals surface area (Å²) >= 11 is 0. The summed E-state index contributed by atoms with van der Waals surface area (Å²) in [4.78, 5) is 37.7. The number of aliphatic hydroxyl groups is 1. The van der Waals surface area contributed by atoms with Crippen molar-refractivity contribution in [2.24, 2.45) is 11.8 Å². The van der Waals surface area contributed by atoms with Gasteiger partial charge in [-0.15, -0.1) is 0 Å². The summed E-state index contributed by atoms with van der Waals surface area (Å²) in [5.74, 6) is -3.18. The van der Waals surface area contributed by atoms with Gasteiger partial charge in [-0.05, 0) is 24.6 Å². The number of nitrogens with one attached hydrogen (secondary N) is 2. The second-order valence-electron chi connectivity index (χ2n) is 6.82. The van der Waals surface area contributed by atoms with Crippen LogP contribution in [0.5, 0.6) is 11.5 Å². The fraction of sp³-hybridized carbons (Fsp3) is 0.500. The molecule has 26 heavy (non-hydrogen) atoms. The number of benzene rings is 1. The Labute approximate surface area is 150 Å². The Kier molecular flexibility index (Phi) is 4.62. The Morgan fingerprint density at radius 1 is 1.15 bits per heavy atom. The van der Waals surface area contributed by atoms with Crippen LogP contribution in [0, 0.1) is 11.8 Å². The minimum Gasteiger partial charge on any atom is -0.454 e. The lowest BCUT2D eigenvalue weighted by Crippen LogP contribution is -2.57. The fourth-order valence-corrected chi connectivity index (χ4v) is 3.92. The highest BCUT2D eigenvalue weighted by Crippen LogP contribution is 2.47. The second kappa shape index (κ2) is 6.60. The van der Waals surface area contributed by atoms with Gasteiger partial charge in [0.15, 0.2) is 11.5 Å². The summed E-state index contributed by atoms with van der Waals surface area (Å²) in [7, 11) is 2.90. The van der Waals surface area contributed by atoms with Crippen LogP contribution < -0.4 is 20.1 Å². The molecule has 1 aromatic rings. The largest absolute Gasteiger partial charge is 0.454 e. The Bertz CT molecular complexity index is 760. The molecule has 1 heterocycles. The summed E-state index contributed by atoms with van der Waals surface area (Å²) in [6.45, 7) is 1.53. The number of Topliss-reactive ketones (excluding diaryl/α,β-unsaturated/α-hetero) is 1. The molecular formula is C18H22N2O6. The number of amides is 2. The van der Waals surface area contributed by atoms with Gasteiger partial charge in [0.05, 0.1) is 11.5 Å². The SMILES string of the molecule is CNC(=O)C1C(=O)CC(C)(O)C(C(=O)NC)C1c1ccc2c(c1)OCO2. The lowest BCUT2D eigenvalue weighted by Gasteiger charge is -2.44. The standard InChI is InChI=1S/C18H22N2O6/c1-18(24)7-10(21)14(16(22)19-2)13(15(18)17(23)20-3)9-4-5-11-12(6-9)26-8-25-11/h4-6,13-15,24H,7-8H2,1-3H3,(H,19,22)(H,20,23). The first-order valence-electron chi connectivity index (χ1n) is 8.38. The van der Waals surface area contributed by atoms with Crippen LogP contribution in [0.2, 0.25) is 0 Å². The van der Waals surface area contributed by atoms with Crippen LogP contribution in [0.15, 0.2) is 18.2 Å². The van der Waals surface area contributed by atoms with Crippen LogP contribution in [0.4, 0.5) is 0 Å². The highest BCUT2D eigenvalue weighted by Gasteiger charge is 2.55. The van der Waals surface area contributed by atoms with Crippen molar-refractivity contribution in [2.45, 2.75) is 24.9 Å². The van der Waals surface area contributed by atoms with Gasteiger partial charge in [-0.2, -0.15) is 0 Å². The van der Waals surface area contributed by atoms with Crippen LogP contribution in [-0.4, -0.2) is 49.2 Å². The van der Waals surface area contributed by atoms with Gasteiger partial charge < -0.3 is 25.2 Å². The molecule has 0 saturated heterocycles. The van der Waals surface area contributed by atoms with Crippen LogP contribution in [0.1, 0.15) is 24.8 Å². The number of fused-ring (bicyclic) bond motifs is 1. The number of hydrogen-bond acceptors (Lipinski definition) is 6. The van der Waals surface area contributed by atoms with E-state index < -0.39 is 41.0 Å². The smallest absolute Gasteiger partial charge is 0.231 e. The van der Waals surface area contributed by atoms with Gasteiger partial charge in [0.1, 0.15) is 11.7 Å². The van der Waals surface area contributed by atoms with Gasteiger partial charge in [-0.1, -0.05) is 6.07 Å². The molecule has 0 aromatic heterocycles. The molecule has 1 saturated carbocycles. The summed E-state index contributed by atoms with van der Waals surface area (Å²) in [6, 6.07) is 5.03. The highest BCUT2D eigenvalue weighted by molar-refractivity contribution is 6.05. The van der Waals surface area contributed by atoms with E-state index in [-0.39, 0.29) is 13.2 Å². The molecule has 1 aliphatic carbocycles. The number of ether oxygens (including phenoxy) is 2. The second-order valence-corrected chi connectivity index (χ2v) is 6.82. The van der Waals surface area contributed by atoms with Gasteiger partial charge in [0.25, 0.3) is 0 Å². The lowest BCUT2D eigenvalue weighted by atomic mass is 9.61. The maximum Gasteiger partial charge on any atom is 0.231 e. The molecule has 2 aliphatic rings. The van der Waals surface area contributed by atoms with Crippen LogP contribution >= 0.6 is 0 Å². The molecule has 8 heteroatoms. The van der Waals surface area contributed by atoms with E-state index in [1.54, 1.807) is 18.2 Å². The molecule has 2 amide bonds. The molecule has 0 radical (unpaired) electrons. The normalized spacial score (nSPS) is 30.0. The lowest BCUT2D eigenvalue weighted by molar-refractivity contribution is -0.154. The van der Waals surface area contributed by atoms with Crippen molar-refractivity contribution in [3.05, 3.63) is 23.8 Å². The maximum atomic E-state index is 12.7. The number of ketones is 1. The van der Waals surface area contributed by atoms with Gasteiger partial charge in [0, 0.05) is 26.4 Å². The van der Waals surface area contributed by atoms with Crippen molar-refractivity contribution in [1.29, 1.82) is 0 Å². The third-order valence-electron chi connectivity index (χ3n) is 5.11. The van der Waals surface area contributed by atoms with E-state index >= 15 is 0 Å². The van der Waals surface area contributed by atoms with Crippen LogP contribution in [0.25, 0.3) is 0 Å². The summed E-state index contributed by atoms with van der Waals surface area (Å²) in [5, 5.41) is 15.9. The van der Waals surface area contributed by atoms with E-state index in [1.165, 1.54) is 21.0 Å². The Morgan fingerprint density at radius 3 is 2.46 bits per heavy atom. The third kappa shape index (κ3) is 2.90. The topological polar surface area (TPSA) is 114 Å². The first-order chi connectivity index (χ1) is 12.3. The molecule has 3 rings (SSSR count). The number of carbonyl (C=O) groups excluding carboxylic acids is 3. The fourth-order valence-electron chi connectivity index (χ4n) is 3.92. The molecular weight excluding hydrogens is 340 g/mol. The van der Waals surface area contributed by atoms with Crippen molar-refractivity contribution < 1.29 is 29.0 Å². The van der Waals surface area contributed by atoms with Crippen molar-refractivity contribution in [3.63, 3.8) is 0 Å². The molecule has 1 aliphatic heterocycles. The number of hydrogen-bond donors (Lipinski definition) is 3. The molecule has 0 bridgehead atoms. The minimum absolute atomic E-state index is 0.0812. The third-order valence-corrected chi connectivity index (χ3v) is 5.11. The van der Waals surface area contributed by atoms with Gasteiger partial charge in [-0.25, -0.2) is 0 Å². The summed E-state index contributed by atoms with van der Waals surface area (Å²) in [5.41, 5.74) is -1.02. The summed E-state index contributed by atoms with van der Waals surface area (Å²) < 4.78 is 10.7. The van der Waals surface area contributed by atoms with Gasteiger partial charge >= 0.3 is 0 Å². The Balaban J connectivity index is 2.15. The Morgan fingerprint density at radius 2 is 1.81 bits per heavy atom. The highest BCUT2D eigenvalue weighted by atomic mass is 16.7. The Hall–Kier alpha value is -2.61. The first-order valence-corrected chi connectivity index (χ1v) is 8.38. The summed E-state index contributed by atoms with van der Waals surface area (Å²) in [6.07, 6.45) is -0.274. The molecule has 3 N–H and O–H groups in total. The zero-order valence-corrected chi connectivity index (χ0v) is 14.9. The van der Waals surface area contributed by atoms with Crippen molar-refractivity contribution >= 4 is 17.6 Å². The predicted octanol–water partition coefficient (Wildman–Crippen LogP) is -0.0529. The average Bonchev–Trinajstić information content (AvgIpc) is 3.06. The maximum absolute atomic E-state index is 12.7. The quantitative estimate of drug-likeness (QED) is 0.650. The van der Waals surface area contributed by atoms with E-state index in [2.05, 4.69) is 10.6 Å². The molecule has 140 valence electrons. The molecule has 0 spiro atoms. The zero-order chi connectivity index (χ0) is 19.1. The number of carbonyl (C=O) groups is 3. The van der Waals surface area contributed by atoms with E-state index in [0.29, 0.717) is 17.1 Å². The molecule has 1 aromatic carbocycles. The van der Waals surface area contributed by atoms with Gasteiger partial charge in [-0.3, -0.25) is 14.4 Å². The van der Waals surface area contributed by atoms with E-state index in [9.17, 15) is 19.5 Å².